The molecule has 0 atom stereocenters. The summed E-state index contributed by atoms with van der Waals surface area (Å²) in [6.45, 7) is 4.77. The highest BCUT2D eigenvalue weighted by Gasteiger charge is 2.20. The molecular formula is C30H32N4O3. The number of nitrogens with two attached hydrogens (primary N) is 1. The van der Waals surface area contributed by atoms with Crippen LogP contribution in [-0.4, -0.2) is 47.4 Å². The number of carbonyl (C=O) groups excluding carboxylic acids is 1. The van der Waals surface area contributed by atoms with Gasteiger partial charge >= 0.3 is 5.97 Å². The maximum Gasteiger partial charge on any atom is 0.335 e. The Kier molecular flexibility index (Phi) is 8.03. The lowest BCUT2D eigenvalue weighted by Crippen LogP contribution is -2.28. The number of aromatic carboxylic acids is 1. The molecule has 0 saturated carbocycles. The first-order chi connectivity index (χ1) is 17.8. The van der Waals surface area contributed by atoms with Gasteiger partial charge in [0.15, 0.2) is 0 Å². The van der Waals surface area contributed by atoms with Crippen molar-refractivity contribution in [3.8, 4) is 0 Å². The molecule has 0 aromatic heterocycles. The van der Waals surface area contributed by atoms with Crippen molar-refractivity contribution >= 4 is 29.5 Å². The van der Waals surface area contributed by atoms with Gasteiger partial charge in [-0.05, 0) is 66.8 Å². The molecule has 7 nitrogen and oxygen atoms in total. The fraction of sp³-hybridized carbons (Fsp3) is 0.233. The molecule has 7 heteroatoms. The van der Waals surface area contributed by atoms with E-state index in [2.05, 4.69) is 11.0 Å². The van der Waals surface area contributed by atoms with Crippen LogP contribution in [0.15, 0.2) is 72.8 Å². The molecule has 1 amide bonds. The number of benzene rings is 3. The molecule has 0 radical (unpaired) electrons. The average molecular weight is 497 g/mol. The summed E-state index contributed by atoms with van der Waals surface area (Å²) in [6, 6.07) is 20.3. The van der Waals surface area contributed by atoms with Crippen molar-refractivity contribution in [3.63, 3.8) is 0 Å². The maximum atomic E-state index is 12.8. The molecular weight excluding hydrogens is 464 g/mol. The highest BCUT2D eigenvalue weighted by atomic mass is 16.4. The second-order valence-corrected chi connectivity index (χ2v) is 9.32. The fourth-order valence-electron chi connectivity index (χ4n) is 4.54. The molecule has 190 valence electrons. The molecule has 0 aliphatic carbocycles. The summed E-state index contributed by atoms with van der Waals surface area (Å²) in [5.74, 6) is -0.845. The number of nitrogens with zero attached hydrogens (tertiary/aromatic N) is 2. The minimum atomic E-state index is -0.955. The van der Waals surface area contributed by atoms with Gasteiger partial charge in [-0.3, -0.25) is 10.2 Å². The van der Waals surface area contributed by atoms with E-state index in [4.69, 9.17) is 11.1 Å². The van der Waals surface area contributed by atoms with E-state index in [9.17, 15) is 14.7 Å². The lowest BCUT2D eigenvalue weighted by Gasteiger charge is -2.24. The molecule has 37 heavy (non-hydrogen) atoms. The van der Waals surface area contributed by atoms with Crippen LogP contribution in [-0.2, 0) is 6.54 Å². The highest BCUT2D eigenvalue weighted by molar-refractivity contribution is 5.96. The zero-order chi connectivity index (χ0) is 26.4. The van der Waals surface area contributed by atoms with E-state index in [1.807, 2.05) is 66.4 Å². The SMILES string of the molecule is Cc1cc(/C=C/CN(Cc2ccc(C(=O)O)cc2)c2cccc(C(=N)N)c2)ccc1C(=O)N1CCCC1. The van der Waals surface area contributed by atoms with Gasteiger partial charge in [0.1, 0.15) is 5.84 Å². The fourth-order valence-corrected chi connectivity index (χ4v) is 4.54. The molecule has 1 aliphatic rings. The van der Waals surface area contributed by atoms with E-state index >= 15 is 0 Å². The molecule has 0 unspecified atom stereocenters. The lowest BCUT2D eigenvalue weighted by molar-refractivity contribution is 0.0696. The summed E-state index contributed by atoms with van der Waals surface area (Å²) < 4.78 is 0. The van der Waals surface area contributed by atoms with Crippen molar-refractivity contribution in [3.05, 3.63) is 106 Å². The smallest absolute Gasteiger partial charge is 0.335 e. The number of rotatable bonds is 9. The standard InChI is InChI=1S/C30H32N4O3/c1-21-18-22(11-14-27(21)29(35)33-15-2-3-16-33)6-5-17-34(26-8-4-7-25(19-26)28(31)32)20-23-9-12-24(13-10-23)30(36)37/h4-14,18-19H,2-3,15-17,20H2,1H3,(H3,31,32)(H,36,37)/b6-5+. The topological polar surface area (TPSA) is 111 Å². The van der Waals surface area contributed by atoms with Crippen molar-refractivity contribution in [2.45, 2.75) is 26.3 Å². The van der Waals surface area contributed by atoms with Gasteiger partial charge in [0.2, 0.25) is 0 Å². The van der Waals surface area contributed by atoms with Crippen LogP contribution in [0.4, 0.5) is 5.69 Å². The Balaban J connectivity index is 1.52. The van der Waals surface area contributed by atoms with E-state index in [1.165, 1.54) is 0 Å². The zero-order valence-electron chi connectivity index (χ0n) is 21.0. The predicted octanol–water partition coefficient (Wildman–Crippen LogP) is 4.93. The van der Waals surface area contributed by atoms with E-state index in [-0.39, 0.29) is 17.3 Å². The molecule has 3 aromatic rings. The Labute approximate surface area is 217 Å². The number of hydrogen-bond acceptors (Lipinski definition) is 4. The van der Waals surface area contributed by atoms with Crippen LogP contribution in [0.25, 0.3) is 6.08 Å². The van der Waals surface area contributed by atoms with Crippen molar-refractivity contribution in [1.82, 2.24) is 4.90 Å². The van der Waals surface area contributed by atoms with Crippen LogP contribution in [0.1, 0.15) is 55.8 Å². The summed E-state index contributed by atoms with van der Waals surface area (Å²) in [7, 11) is 0. The lowest BCUT2D eigenvalue weighted by atomic mass is 10.0. The number of amidine groups is 1. The Morgan fingerprint density at radius 3 is 2.41 bits per heavy atom. The minimum Gasteiger partial charge on any atom is -0.478 e. The third-order valence-corrected chi connectivity index (χ3v) is 6.61. The summed E-state index contributed by atoms with van der Waals surface area (Å²) in [4.78, 5) is 28.1. The molecule has 4 N–H and O–H groups in total. The van der Waals surface area contributed by atoms with Crippen LogP contribution in [0.3, 0.4) is 0 Å². The van der Waals surface area contributed by atoms with E-state index in [0.717, 1.165) is 53.9 Å². The van der Waals surface area contributed by atoms with E-state index < -0.39 is 5.97 Å². The first-order valence-electron chi connectivity index (χ1n) is 12.4. The first-order valence-corrected chi connectivity index (χ1v) is 12.4. The average Bonchev–Trinajstić information content (AvgIpc) is 3.43. The number of hydrogen-bond donors (Lipinski definition) is 3. The van der Waals surface area contributed by atoms with Gasteiger partial charge < -0.3 is 20.6 Å². The quantitative estimate of drug-likeness (QED) is 0.287. The van der Waals surface area contributed by atoms with Crippen molar-refractivity contribution in [2.24, 2.45) is 5.73 Å². The third-order valence-electron chi connectivity index (χ3n) is 6.61. The summed E-state index contributed by atoms with van der Waals surface area (Å²) in [5, 5.41) is 17.0. The van der Waals surface area contributed by atoms with Gasteiger partial charge in [0, 0.05) is 43.0 Å². The normalized spacial score (nSPS) is 13.2. The van der Waals surface area contributed by atoms with Gasteiger partial charge in [0.05, 0.1) is 5.56 Å². The number of anilines is 1. The van der Waals surface area contributed by atoms with Crippen LogP contribution < -0.4 is 10.6 Å². The molecule has 1 fully saturated rings. The maximum absolute atomic E-state index is 12.8. The van der Waals surface area contributed by atoms with Gasteiger partial charge in [-0.1, -0.05) is 48.6 Å². The summed E-state index contributed by atoms with van der Waals surface area (Å²) in [6.07, 6.45) is 6.23. The number of aryl methyl sites for hydroxylation is 1. The Morgan fingerprint density at radius 1 is 1.03 bits per heavy atom. The van der Waals surface area contributed by atoms with Crippen molar-refractivity contribution in [1.29, 1.82) is 5.41 Å². The number of amides is 1. The Morgan fingerprint density at radius 2 is 1.76 bits per heavy atom. The number of carboxylic acid groups (broad SMARTS) is 1. The highest BCUT2D eigenvalue weighted by Crippen LogP contribution is 2.21. The molecule has 1 aliphatic heterocycles. The molecule has 0 spiro atoms. The monoisotopic (exact) mass is 496 g/mol. The number of nitrogen functional groups attached to an aromatic ring is 1. The van der Waals surface area contributed by atoms with Crippen LogP contribution >= 0.6 is 0 Å². The number of carbonyl (C=O) groups is 2. The number of nitrogens with one attached hydrogen (secondary N) is 1. The van der Waals surface area contributed by atoms with E-state index in [0.29, 0.717) is 18.7 Å². The number of likely N-dealkylation sites (tertiary alicyclic amines) is 1. The molecule has 1 heterocycles. The van der Waals surface area contributed by atoms with Crippen LogP contribution in [0, 0.1) is 12.3 Å². The van der Waals surface area contributed by atoms with Gasteiger partial charge in [-0.25, -0.2) is 4.79 Å². The zero-order valence-corrected chi connectivity index (χ0v) is 21.0. The predicted molar refractivity (Wildman–Crippen MR) is 147 cm³/mol. The largest absolute Gasteiger partial charge is 0.478 e. The number of carboxylic acids is 1. The second kappa shape index (κ2) is 11.6. The molecule has 3 aromatic carbocycles. The minimum absolute atomic E-state index is 0.00203. The first kappa shape index (κ1) is 25.7. The van der Waals surface area contributed by atoms with Gasteiger partial charge in [-0.15, -0.1) is 0 Å². The molecule has 4 rings (SSSR count). The van der Waals surface area contributed by atoms with E-state index in [1.54, 1.807) is 18.2 Å². The van der Waals surface area contributed by atoms with Gasteiger partial charge in [-0.2, -0.15) is 0 Å². The Hall–Kier alpha value is -4.39. The van der Waals surface area contributed by atoms with Crippen molar-refractivity contribution < 1.29 is 14.7 Å². The second-order valence-electron chi connectivity index (χ2n) is 9.32. The summed E-state index contributed by atoms with van der Waals surface area (Å²) >= 11 is 0. The molecule has 1 saturated heterocycles. The van der Waals surface area contributed by atoms with Crippen LogP contribution in [0.5, 0.6) is 0 Å². The summed E-state index contributed by atoms with van der Waals surface area (Å²) in [5.41, 5.74) is 11.2. The third kappa shape index (κ3) is 6.44. The Bertz CT molecular complexity index is 1320. The van der Waals surface area contributed by atoms with Crippen molar-refractivity contribution in [2.75, 3.05) is 24.5 Å². The van der Waals surface area contributed by atoms with Crippen LogP contribution in [0.2, 0.25) is 0 Å². The van der Waals surface area contributed by atoms with Gasteiger partial charge in [0.25, 0.3) is 5.91 Å². The molecule has 0 bridgehead atoms.